The molecule has 3 N–H and O–H groups in total. The Morgan fingerprint density at radius 3 is 2.40 bits per heavy atom. The van der Waals surface area contributed by atoms with Crippen molar-refractivity contribution in [1.29, 1.82) is 0 Å². The van der Waals surface area contributed by atoms with Gasteiger partial charge in [0.1, 0.15) is 0 Å². The summed E-state index contributed by atoms with van der Waals surface area (Å²) in [6.45, 7) is 1.91. The van der Waals surface area contributed by atoms with Crippen LogP contribution < -0.4 is 5.32 Å². The molecule has 20 heavy (non-hydrogen) atoms. The van der Waals surface area contributed by atoms with E-state index in [0.717, 1.165) is 5.56 Å². The molecule has 0 unspecified atom stereocenters. The maximum atomic E-state index is 11.6. The Morgan fingerprint density at radius 2 is 1.85 bits per heavy atom. The largest absolute Gasteiger partial charge is 0.481 e. The minimum Gasteiger partial charge on any atom is -0.481 e. The standard InChI is InChI=1S/C14H17NO5/c1-2-9-6-7-11(10(8-9)14(19)20)15-12(16)4-3-5-13(17)18/h6-8H,2-5H2,1H3,(H,15,16)(H,17,18)(H,19,20). The van der Waals surface area contributed by atoms with Gasteiger partial charge in [0, 0.05) is 12.8 Å². The van der Waals surface area contributed by atoms with Gasteiger partial charge in [-0.25, -0.2) is 4.79 Å². The molecule has 1 rings (SSSR count). The first-order valence-electron chi connectivity index (χ1n) is 6.32. The van der Waals surface area contributed by atoms with Gasteiger partial charge in [0.2, 0.25) is 5.91 Å². The third-order valence-corrected chi connectivity index (χ3v) is 2.79. The number of nitrogens with one attached hydrogen (secondary N) is 1. The summed E-state index contributed by atoms with van der Waals surface area (Å²) in [6.07, 6.45) is 0.874. The van der Waals surface area contributed by atoms with Crippen LogP contribution >= 0.6 is 0 Å². The predicted molar refractivity (Wildman–Crippen MR) is 72.9 cm³/mol. The van der Waals surface area contributed by atoms with Crippen LogP contribution in [0.25, 0.3) is 0 Å². The Labute approximate surface area is 116 Å². The lowest BCUT2D eigenvalue weighted by Crippen LogP contribution is -2.15. The lowest BCUT2D eigenvalue weighted by atomic mass is 10.1. The molecular weight excluding hydrogens is 262 g/mol. The highest BCUT2D eigenvalue weighted by molar-refractivity contribution is 6.00. The second-order valence-corrected chi connectivity index (χ2v) is 4.33. The van der Waals surface area contributed by atoms with Gasteiger partial charge in [0.05, 0.1) is 11.3 Å². The summed E-state index contributed by atoms with van der Waals surface area (Å²) in [6, 6.07) is 4.83. The molecule has 0 atom stereocenters. The first-order valence-corrected chi connectivity index (χ1v) is 6.32. The average Bonchev–Trinajstić information content (AvgIpc) is 2.38. The van der Waals surface area contributed by atoms with Gasteiger partial charge < -0.3 is 15.5 Å². The summed E-state index contributed by atoms with van der Waals surface area (Å²) >= 11 is 0. The van der Waals surface area contributed by atoms with Crippen molar-refractivity contribution < 1.29 is 24.6 Å². The summed E-state index contributed by atoms with van der Waals surface area (Å²) in [7, 11) is 0. The summed E-state index contributed by atoms with van der Waals surface area (Å²) < 4.78 is 0. The van der Waals surface area contributed by atoms with E-state index in [1.165, 1.54) is 6.07 Å². The van der Waals surface area contributed by atoms with E-state index in [1.54, 1.807) is 12.1 Å². The lowest BCUT2D eigenvalue weighted by Gasteiger charge is -2.09. The number of aliphatic carboxylic acids is 1. The third kappa shape index (κ3) is 4.72. The first kappa shape index (κ1) is 15.7. The lowest BCUT2D eigenvalue weighted by molar-refractivity contribution is -0.137. The van der Waals surface area contributed by atoms with Gasteiger partial charge in [-0.15, -0.1) is 0 Å². The fourth-order valence-corrected chi connectivity index (χ4v) is 1.71. The SMILES string of the molecule is CCc1ccc(NC(=O)CCCC(=O)O)c(C(=O)O)c1. The van der Waals surface area contributed by atoms with Crippen molar-refractivity contribution in [2.75, 3.05) is 5.32 Å². The minimum absolute atomic E-state index is 0.0379. The highest BCUT2D eigenvalue weighted by Gasteiger charge is 2.13. The molecule has 0 aliphatic heterocycles. The van der Waals surface area contributed by atoms with Crippen molar-refractivity contribution in [2.24, 2.45) is 0 Å². The van der Waals surface area contributed by atoms with E-state index in [4.69, 9.17) is 10.2 Å². The third-order valence-electron chi connectivity index (χ3n) is 2.79. The number of rotatable bonds is 7. The van der Waals surface area contributed by atoms with E-state index in [0.29, 0.717) is 6.42 Å². The fourth-order valence-electron chi connectivity index (χ4n) is 1.71. The van der Waals surface area contributed by atoms with E-state index in [9.17, 15) is 14.4 Å². The van der Waals surface area contributed by atoms with E-state index in [2.05, 4.69) is 5.32 Å². The number of aryl methyl sites for hydroxylation is 1. The predicted octanol–water partition coefficient (Wildman–Crippen LogP) is 2.14. The molecule has 0 aliphatic rings. The van der Waals surface area contributed by atoms with Crippen molar-refractivity contribution in [3.8, 4) is 0 Å². The Morgan fingerprint density at radius 1 is 1.15 bits per heavy atom. The number of carboxylic acids is 2. The van der Waals surface area contributed by atoms with Gasteiger partial charge in [-0.1, -0.05) is 13.0 Å². The Balaban J connectivity index is 2.73. The summed E-state index contributed by atoms with van der Waals surface area (Å²) in [5.41, 5.74) is 1.14. The number of carbonyl (C=O) groups excluding carboxylic acids is 1. The maximum absolute atomic E-state index is 11.6. The van der Waals surface area contributed by atoms with E-state index < -0.39 is 17.8 Å². The average molecular weight is 279 g/mol. The van der Waals surface area contributed by atoms with Gasteiger partial charge in [0.25, 0.3) is 0 Å². The highest BCUT2D eigenvalue weighted by Crippen LogP contribution is 2.18. The summed E-state index contributed by atoms with van der Waals surface area (Å²) in [5, 5.41) is 20.1. The van der Waals surface area contributed by atoms with Gasteiger partial charge in [-0.3, -0.25) is 9.59 Å². The van der Waals surface area contributed by atoms with Crippen molar-refractivity contribution >= 4 is 23.5 Å². The minimum atomic E-state index is -1.11. The first-order chi connectivity index (χ1) is 9.43. The molecule has 0 saturated heterocycles. The zero-order valence-electron chi connectivity index (χ0n) is 11.2. The number of benzene rings is 1. The van der Waals surface area contributed by atoms with Crippen LogP contribution in [0.3, 0.4) is 0 Å². The summed E-state index contributed by atoms with van der Waals surface area (Å²) in [4.78, 5) is 33.1. The molecule has 0 aliphatic carbocycles. The second kappa shape index (κ2) is 7.28. The van der Waals surface area contributed by atoms with Gasteiger partial charge in [0.15, 0.2) is 0 Å². The van der Waals surface area contributed by atoms with Crippen LogP contribution in [-0.2, 0) is 16.0 Å². The van der Waals surface area contributed by atoms with E-state index in [1.807, 2.05) is 6.92 Å². The second-order valence-electron chi connectivity index (χ2n) is 4.33. The van der Waals surface area contributed by atoms with Crippen LogP contribution in [0.4, 0.5) is 5.69 Å². The Hall–Kier alpha value is -2.37. The van der Waals surface area contributed by atoms with Crippen LogP contribution in [-0.4, -0.2) is 28.1 Å². The summed E-state index contributed by atoms with van der Waals surface area (Å²) in [5.74, 6) is -2.46. The quantitative estimate of drug-likeness (QED) is 0.709. The van der Waals surface area contributed by atoms with Gasteiger partial charge >= 0.3 is 11.9 Å². The Kier molecular flexibility index (Phi) is 5.71. The van der Waals surface area contributed by atoms with Crippen LogP contribution in [0.1, 0.15) is 42.1 Å². The van der Waals surface area contributed by atoms with Gasteiger partial charge in [-0.2, -0.15) is 0 Å². The number of amides is 1. The van der Waals surface area contributed by atoms with E-state index >= 15 is 0 Å². The molecule has 1 aromatic rings. The normalized spacial score (nSPS) is 10.1. The molecule has 6 nitrogen and oxygen atoms in total. The van der Waals surface area contributed by atoms with E-state index in [-0.39, 0.29) is 30.5 Å². The number of aromatic carboxylic acids is 1. The maximum Gasteiger partial charge on any atom is 0.337 e. The highest BCUT2D eigenvalue weighted by atomic mass is 16.4. The van der Waals surface area contributed by atoms with Crippen molar-refractivity contribution in [3.63, 3.8) is 0 Å². The van der Waals surface area contributed by atoms with Crippen molar-refractivity contribution in [2.45, 2.75) is 32.6 Å². The van der Waals surface area contributed by atoms with Crippen LogP contribution in [0, 0.1) is 0 Å². The van der Waals surface area contributed by atoms with Crippen LogP contribution in [0.2, 0.25) is 0 Å². The molecule has 6 heteroatoms. The number of anilines is 1. The molecule has 0 bridgehead atoms. The van der Waals surface area contributed by atoms with Crippen molar-refractivity contribution in [3.05, 3.63) is 29.3 Å². The topological polar surface area (TPSA) is 104 Å². The molecule has 0 radical (unpaired) electrons. The van der Waals surface area contributed by atoms with Crippen molar-refractivity contribution in [1.82, 2.24) is 0 Å². The molecule has 0 aromatic heterocycles. The smallest absolute Gasteiger partial charge is 0.337 e. The molecule has 108 valence electrons. The molecule has 0 saturated carbocycles. The van der Waals surface area contributed by atoms with Crippen LogP contribution in [0.15, 0.2) is 18.2 Å². The monoisotopic (exact) mass is 279 g/mol. The number of carbonyl (C=O) groups is 3. The molecule has 1 amide bonds. The molecular formula is C14H17NO5. The zero-order valence-corrected chi connectivity index (χ0v) is 11.2. The molecule has 0 spiro atoms. The Bertz CT molecular complexity index is 524. The molecule has 1 aromatic carbocycles. The van der Waals surface area contributed by atoms with Gasteiger partial charge in [-0.05, 0) is 30.5 Å². The number of carboxylic acid groups (broad SMARTS) is 2. The fraction of sp³-hybridized carbons (Fsp3) is 0.357. The van der Waals surface area contributed by atoms with Crippen LogP contribution in [0.5, 0.6) is 0 Å². The number of hydrogen-bond acceptors (Lipinski definition) is 3. The molecule has 0 heterocycles. The zero-order chi connectivity index (χ0) is 15.1. The number of hydrogen-bond donors (Lipinski definition) is 3. The molecule has 0 fully saturated rings.